The molecule has 0 aromatic heterocycles. The van der Waals surface area contributed by atoms with Crippen LogP contribution in [0.15, 0.2) is 18.2 Å². The van der Waals surface area contributed by atoms with E-state index in [0.717, 1.165) is 5.56 Å². The van der Waals surface area contributed by atoms with Crippen LogP contribution in [0, 0.1) is 12.8 Å². The van der Waals surface area contributed by atoms with Gasteiger partial charge in [-0.15, -0.1) is 0 Å². The van der Waals surface area contributed by atoms with Gasteiger partial charge < -0.3 is 10.2 Å². The summed E-state index contributed by atoms with van der Waals surface area (Å²) in [4.78, 5) is 26.1. The summed E-state index contributed by atoms with van der Waals surface area (Å²) in [5.41, 5.74) is 1.60. The molecule has 1 N–H and O–H groups in total. The zero-order valence-electron chi connectivity index (χ0n) is 13.3. The molecule has 3 rings (SSSR count). The normalized spacial score (nSPS) is 25.9. The molecule has 1 aromatic rings. The Balaban J connectivity index is 1.66. The number of nitrogens with zero attached hydrogens (tertiary/aromatic N) is 1. The summed E-state index contributed by atoms with van der Waals surface area (Å²) in [6.45, 7) is 2.16. The van der Waals surface area contributed by atoms with E-state index in [1.54, 1.807) is 11.0 Å². The molecule has 24 heavy (non-hydrogen) atoms. The first kappa shape index (κ1) is 17.2. The van der Waals surface area contributed by atoms with Crippen LogP contribution in [0.4, 0.5) is 5.69 Å². The van der Waals surface area contributed by atoms with E-state index in [1.165, 1.54) is 0 Å². The summed E-state index contributed by atoms with van der Waals surface area (Å²) < 4.78 is 22.9. The molecule has 0 saturated carbocycles. The molecule has 2 fully saturated rings. The largest absolute Gasteiger partial charge is 0.352 e. The molecule has 2 atom stereocenters. The van der Waals surface area contributed by atoms with Crippen molar-refractivity contribution in [1.82, 2.24) is 5.32 Å². The smallest absolute Gasteiger partial charge is 0.227 e. The van der Waals surface area contributed by atoms with Gasteiger partial charge in [-0.2, -0.15) is 0 Å². The van der Waals surface area contributed by atoms with Crippen LogP contribution in [0.2, 0.25) is 5.02 Å². The van der Waals surface area contributed by atoms with Crippen LogP contribution in [-0.2, 0) is 19.4 Å². The second kappa shape index (κ2) is 6.37. The molecule has 2 unspecified atom stereocenters. The number of rotatable bonds is 3. The van der Waals surface area contributed by atoms with Crippen LogP contribution >= 0.6 is 11.6 Å². The van der Waals surface area contributed by atoms with Crippen molar-refractivity contribution in [2.45, 2.75) is 25.8 Å². The monoisotopic (exact) mass is 370 g/mol. The number of halogens is 1. The highest BCUT2D eigenvalue weighted by Gasteiger charge is 2.37. The quantitative estimate of drug-likeness (QED) is 0.869. The molecule has 2 aliphatic heterocycles. The standard InChI is InChI=1S/C16H19ClN2O4S/c1-10-2-3-13(7-14(10)17)19-8-11(6-15(19)20)16(21)18-12-4-5-24(22,23)9-12/h2-3,7,11-12H,4-6,8-9H2,1H3,(H,18,21). The van der Waals surface area contributed by atoms with Gasteiger partial charge in [-0.1, -0.05) is 17.7 Å². The van der Waals surface area contributed by atoms with Gasteiger partial charge in [0.1, 0.15) is 0 Å². The summed E-state index contributed by atoms with van der Waals surface area (Å²) in [5.74, 6) is -0.771. The molecule has 2 heterocycles. The third-order valence-corrected chi connectivity index (χ3v) is 6.72. The van der Waals surface area contributed by atoms with Crippen molar-refractivity contribution >= 4 is 38.9 Å². The molecule has 1 aromatic carbocycles. The average Bonchev–Trinajstić information content (AvgIpc) is 3.05. The minimum Gasteiger partial charge on any atom is -0.352 e. The highest BCUT2D eigenvalue weighted by molar-refractivity contribution is 7.91. The third kappa shape index (κ3) is 3.57. The van der Waals surface area contributed by atoms with Gasteiger partial charge in [-0.25, -0.2) is 8.42 Å². The Morgan fingerprint density at radius 1 is 1.38 bits per heavy atom. The van der Waals surface area contributed by atoms with Gasteiger partial charge >= 0.3 is 0 Å². The summed E-state index contributed by atoms with van der Waals surface area (Å²) in [7, 11) is -3.04. The zero-order valence-corrected chi connectivity index (χ0v) is 14.9. The fraction of sp³-hybridized carbons (Fsp3) is 0.500. The van der Waals surface area contributed by atoms with Gasteiger partial charge in [-0.3, -0.25) is 9.59 Å². The van der Waals surface area contributed by atoms with E-state index < -0.39 is 15.8 Å². The van der Waals surface area contributed by atoms with Crippen LogP contribution in [-0.4, -0.2) is 44.3 Å². The molecule has 0 radical (unpaired) electrons. The van der Waals surface area contributed by atoms with Gasteiger partial charge in [0.25, 0.3) is 0 Å². The number of sulfone groups is 1. The van der Waals surface area contributed by atoms with Crippen LogP contribution in [0.3, 0.4) is 0 Å². The van der Waals surface area contributed by atoms with Gasteiger partial charge in [0, 0.05) is 29.7 Å². The molecule has 0 bridgehead atoms. The van der Waals surface area contributed by atoms with Crippen molar-refractivity contribution in [2.75, 3.05) is 23.0 Å². The highest BCUT2D eigenvalue weighted by atomic mass is 35.5. The van der Waals surface area contributed by atoms with Crippen molar-refractivity contribution < 1.29 is 18.0 Å². The number of carbonyl (C=O) groups is 2. The molecule has 0 aliphatic carbocycles. The van der Waals surface area contributed by atoms with E-state index in [2.05, 4.69) is 5.32 Å². The number of hydrogen-bond donors (Lipinski definition) is 1. The lowest BCUT2D eigenvalue weighted by Gasteiger charge is -2.18. The lowest BCUT2D eigenvalue weighted by atomic mass is 10.1. The van der Waals surface area contributed by atoms with E-state index in [9.17, 15) is 18.0 Å². The molecule has 2 aliphatic rings. The Labute approximate surface area is 146 Å². The first-order valence-corrected chi connectivity index (χ1v) is 10.0. The first-order chi connectivity index (χ1) is 11.2. The lowest BCUT2D eigenvalue weighted by molar-refractivity contribution is -0.126. The van der Waals surface area contributed by atoms with Crippen molar-refractivity contribution in [3.63, 3.8) is 0 Å². The number of nitrogens with one attached hydrogen (secondary N) is 1. The van der Waals surface area contributed by atoms with Gasteiger partial charge in [0.2, 0.25) is 11.8 Å². The van der Waals surface area contributed by atoms with E-state index in [1.807, 2.05) is 19.1 Å². The summed E-state index contributed by atoms with van der Waals surface area (Å²) >= 11 is 6.10. The first-order valence-electron chi connectivity index (χ1n) is 7.82. The highest BCUT2D eigenvalue weighted by Crippen LogP contribution is 2.29. The van der Waals surface area contributed by atoms with E-state index in [-0.39, 0.29) is 42.3 Å². The summed E-state index contributed by atoms with van der Waals surface area (Å²) in [6, 6.07) is 5.02. The minimum absolute atomic E-state index is 0.0172. The molecule has 2 saturated heterocycles. The van der Waals surface area contributed by atoms with Crippen LogP contribution in [0.25, 0.3) is 0 Å². The second-order valence-electron chi connectivity index (χ2n) is 6.45. The Morgan fingerprint density at radius 3 is 2.75 bits per heavy atom. The molecular weight excluding hydrogens is 352 g/mol. The second-order valence-corrected chi connectivity index (χ2v) is 9.08. The topological polar surface area (TPSA) is 83.6 Å². The van der Waals surface area contributed by atoms with Crippen molar-refractivity contribution in [2.24, 2.45) is 5.92 Å². The summed E-state index contributed by atoms with van der Waals surface area (Å²) in [5, 5.41) is 3.34. The van der Waals surface area contributed by atoms with Gasteiger partial charge in [0.15, 0.2) is 9.84 Å². The number of amides is 2. The van der Waals surface area contributed by atoms with E-state index in [0.29, 0.717) is 17.1 Å². The molecular formula is C16H19ClN2O4S. The molecule has 130 valence electrons. The van der Waals surface area contributed by atoms with Gasteiger partial charge in [0.05, 0.1) is 17.4 Å². The summed E-state index contributed by atoms with van der Waals surface area (Å²) in [6.07, 6.45) is 0.558. The van der Waals surface area contributed by atoms with E-state index >= 15 is 0 Å². The maximum absolute atomic E-state index is 12.3. The zero-order chi connectivity index (χ0) is 17.5. The Bertz CT molecular complexity index is 793. The minimum atomic E-state index is -3.04. The van der Waals surface area contributed by atoms with E-state index in [4.69, 9.17) is 11.6 Å². The number of anilines is 1. The van der Waals surface area contributed by atoms with Gasteiger partial charge in [-0.05, 0) is 31.0 Å². The van der Waals surface area contributed by atoms with Crippen LogP contribution in [0.5, 0.6) is 0 Å². The predicted molar refractivity (Wildman–Crippen MR) is 91.9 cm³/mol. The molecule has 8 heteroatoms. The predicted octanol–water partition coefficient (Wildman–Crippen LogP) is 1.30. The lowest BCUT2D eigenvalue weighted by Crippen LogP contribution is -2.40. The fourth-order valence-electron chi connectivity index (χ4n) is 3.11. The maximum atomic E-state index is 12.3. The van der Waals surface area contributed by atoms with Crippen LogP contribution < -0.4 is 10.2 Å². The Hall–Kier alpha value is -1.60. The van der Waals surface area contributed by atoms with Crippen molar-refractivity contribution in [3.8, 4) is 0 Å². The third-order valence-electron chi connectivity index (χ3n) is 4.54. The Kier molecular flexibility index (Phi) is 4.57. The molecule has 6 nitrogen and oxygen atoms in total. The van der Waals surface area contributed by atoms with Crippen LogP contribution in [0.1, 0.15) is 18.4 Å². The number of carbonyl (C=O) groups excluding carboxylic acids is 2. The number of aryl methyl sites for hydroxylation is 1. The number of benzene rings is 1. The van der Waals surface area contributed by atoms with Crippen molar-refractivity contribution in [3.05, 3.63) is 28.8 Å². The molecule has 2 amide bonds. The SMILES string of the molecule is Cc1ccc(N2CC(C(=O)NC3CCS(=O)(=O)C3)CC2=O)cc1Cl. The molecule has 0 spiro atoms. The maximum Gasteiger partial charge on any atom is 0.227 e. The number of hydrogen-bond acceptors (Lipinski definition) is 4. The van der Waals surface area contributed by atoms with Crippen molar-refractivity contribution in [1.29, 1.82) is 0 Å². The fourth-order valence-corrected chi connectivity index (χ4v) is 4.96. The Morgan fingerprint density at radius 2 is 2.12 bits per heavy atom. The average molecular weight is 371 g/mol.